The van der Waals surface area contributed by atoms with Gasteiger partial charge in [0.2, 0.25) is 5.95 Å². The number of hydrogen-bond donors (Lipinski definition) is 1. The van der Waals surface area contributed by atoms with Crippen molar-refractivity contribution in [3.8, 4) is 0 Å². The molecule has 1 heterocycles. The summed E-state index contributed by atoms with van der Waals surface area (Å²) >= 11 is 3.52. The van der Waals surface area contributed by atoms with E-state index in [2.05, 4.69) is 30.8 Å². The molecule has 82 valence electrons. The van der Waals surface area contributed by atoms with Gasteiger partial charge in [0.25, 0.3) is 0 Å². The number of rotatable bonds is 3. The summed E-state index contributed by atoms with van der Waals surface area (Å²) < 4.78 is 3.26. The van der Waals surface area contributed by atoms with Crippen molar-refractivity contribution in [2.24, 2.45) is 0 Å². The quantitative estimate of drug-likeness (QED) is 0.927. The topological polar surface area (TPSA) is 29.9 Å². The van der Waals surface area contributed by atoms with Crippen molar-refractivity contribution in [1.82, 2.24) is 9.55 Å². The molecule has 1 aromatic heterocycles. The Morgan fingerprint density at radius 1 is 1.31 bits per heavy atom. The number of anilines is 2. The zero-order valence-corrected chi connectivity index (χ0v) is 10.3. The van der Waals surface area contributed by atoms with Crippen LogP contribution in [0.4, 0.5) is 11.6 Å². The zero-order chi connectivity index (χ0) is 11.0. The highest BCUT2D eigenvalue weighted by Gasteiger charge is 2.25. The van der Waals surface area contributed by atoms with E-state index in [1.165, 1.54) is 12.8 Å². The number of imidazole rings is 1. The summed E-state index contributed by atoms with van der Waals surface area (Å²) in [5.74, 6) is 0.925. The normalized spacial score (nSPS) is 15.1. The van der Waals surface area contributed by atoms with Gasteiger partial charge < -0.3 is 9.88 Å². The van der Waals surface area contributed by atoms with Crippen LogP contribution in [0.2, 0.25) is 0 Å². The monoisotopic (exact) mass is 277 g/mol. The summed E-state index contributed by atoms with van der Waals surface area (Å²) in [7, 11) is 0. The molecule has 0 radical (unpaired) electrons. The van der Waals surface area contributed by atoms with E-state index >= 15 is 0 Å². The van der Waals surface area contributed by atoms with Crippen LogP contribution in [0, 0.1) is 0 Å². The minimum atomic E-state index is 0.646. The maximum atomic E-state index is 4.34. The lowest BCUT2D eigenvalue weighted by atomic mass is 10.3. The Morgan fingerprint density at radius 3 is 2.88 bits per heavy atom. The molecule has 3 nitrogen and oxygen atoms in total. The molecule has 1 aliphatic rings. The van der Waals surface area contributed by atoms with Crippen LogP contribution in [0.1, 0.15) is 18.9 Å². The van der Waals surface area contributed by atoms with Crippen molar-refractivity contribution in [2.75, 3.05) is 5.32 Å². The molecule has 2 aromatic rings. The average Bonchev–Trinajstić information content (AvgIpc) is 3.03. The molecule has 0 saturated heterocycles. The maximum Gasteiger partial charge on any atom is 0.207 e. The van der Waals surface area contributed by atoms with Gasteiger partial charge in [0, 0.05) is 22.9 Å². The Kier molecular flexibility index (Phi) is 2.44. The van der Waals surface area contributed by atoms with Gasteiger partial charge in [0.05, 0.1) is 5.69 Å². The number of hydrogen-bond acceptors (Lipinski definition) is 2. The van der Waals surface area contributed by atoms with E-state index in [-0.39, 0.29) is 0 Å². The third kappa shape index (κ3) is 1.85. The lowest BCUT2D eigenvalue weighted by Gasteiger charge is -2.09. The Morgan fingerprint density at radius 2 is 2.12 bits per heavy atom. The van der Waals surface area contributed by atoms with Crippen molar-refractivity contribution < 1.29 is 0 Å². The van der Waals surface area contributed by atoms with Gasteiger partial charge in [-0.05, 0) is 40.9 Å². The highest BCUT2D eigenvalue weighted by atomic mass is 79.9. The molecule has 1 fully saturated rings. The van der Waals surface area contributed by atoms with Crippen LogP contribution in [0.5, 0.6) is 0 Å². The SMILES string of the molecule is Brc1ccccc1Nc1nccn1C1CC1. The molecule has 0 amide bonds. The molecule has 3 rings (SSSR count). The molecule has 0 unspecified atom stereocenters. The van der Waals surface area contributed by atoms with Crippen LogP contribution in [0.15, 0.2) is 41.1 Å². The minimum absolute atomic E-state index is 0.646. The van der Waals surface area contributed by atoms with Crippen molar-refractivity contribution in [3.63, 3.8) is 0 Å². The number of aromatic nitrogens is 2. The zero-order valence-electron chi connectivity index (χ0n) is 8.73. The molecule has 1 aliphatic carbocycles. The van der Waals surface area contributed by atoms with Gasteiger partial charge in [0.1, 0.15) is 0 Å². The van der Waals surface area contributed by atoms with Gasteiger partial charge in [0.15, 0.2) is 0 Å². The first kappa shape index (κ1) is 9.90. The predicted molar refractivity (Wildman–Crippen MR) is 67.9 cm³/mol. The molecule has 0 spiro atoms. The molecular formula is C12H12BrN3. The molecule has 0 atom stereocenters. The van der Waals surface area contributed by atoms with E-state index in [0.717, 1.165) is 16.1 Å². The first-order valence-electron chi connectivity index (χ1n) is 5.39. The summed E-state index contributed by atoms with van der Waals surface area (Å²) in [6, 6.07) is 8.72. The maximum absolute atomic E-state index is 4.34. The fraction of sp³-hybridized carbons (Fsp3) is 0.250. The second kappa shape index (κ2) is 3.94. The number of halogens is 1. The average molecular weight is 278 g/mol. The minimum Gasteiger partial charge on any atom is -0.325 e. The highest BCUT2D eigenvalue weighted by molar-refractivity contribution is 9.10. The summed E-state index contributed by atoms with van der Waals surface area (Å²) in [6.45, 7) is 0. The fourth-order valence-corrected chi connectivity index (χ4v) is 2.12. The Hall–Kier alpha value is -1.29. The largest absolute Gasteiger partial charge is 0.325 e. The second-order valence-corrected chi connectivity index (χ2v) is 4.85. The number of benzene rings is 1. The van der Waals surface area contributed by atoms with Crippen LogP contribution in [-0.2, 0) is 0 Å². The van der Waals surface area contributed by atoms with Crippen molar-refractivity contribution >= 4 is 27.6 Å². The summed E-state index contributed by atoms with van der Waals surface area (Å²) in [6.07, 6.45) is 6.41. The standard InChI is InChI=1S/C12H12BrN3/c13-10-3-1-2-4-11(10)15-12-14-7-8-16(12)9-5-6-9/h1-4,7-9H,5-6H2,(H,14,15). The van der Waals surface area contributed by atoms with Gasteiger partial charge >= 0.3 is 0 Å². The van der Waals surface area contributed by atoms with Crippen LogP contribution in [0.3, 0.4) is 0 Å². The third-order valence-corrected chi connectivity index (χ3v) is 3.42. The van der Waals surface area contributed by atoms with Crippen LogP contribution < -0.4 is 5.32 Å². The Balaban J connectivity index is 1.88. The van der Waals surface area contributed by atoms with Crippen LogP contribution >= 0.6 is 15.9 Å². The van der Waals surface area contributed by atoms with E-state index in [4.69, 9.17) is 0 Å². The van der Waals surface area contributed by atoms with Gasteiger partial charge in [-0.3, -0.25) is 0 Å². The van der Waals surface area contributed by atoms with Crippen molar-refractivity contribution in [2.45, 2.75) is 18.9 Å². The van der Waals surface area contributed by atoms with Crippen LogP contribution in [0.25, 0.3) is 0 Å². The third-order valence-electron chi connectivity index (χ3n) is 2.73. The van der Waals surface area contributed by atoms with Gasteiger partial charge in [-0.25, -0.2) is 4.98 Å². The summed E-state index contributed by atoms with van der Waals surface area (Å²) in [5, 5.41) is 3.35. The van der Waals surface area contributed by atoms with Gasteiger partial charge in [-0.1, -0.05) is 12.1 Å². The number of nitrogens with one attached hydrogen (secondary N) is 1. The first-order chi connectivity index (χ1) is 7.84. The highest BCUT2D eigenvalue weighted by Crippen LogP contribution is 2.37. The first-order valence-corrected chi connectivity index (χ1v) is 6.18. The fourth-order valence-electron chi connectivity index (χ4n) is 1.74. The van der Waals surface area contributed by atoms with Crippen molar-refractivity contribution in [1.29, 1.82) is 0 Å². The van der Waals surface area contributed by atoms with Crippen molar-refractivity contribution in [3.05, 3.63) is 41.1 Å². The summed E-state index contributed by atoms with van der Waals surface area (Å²) in [5.41, 5.74) is 1.05. The number of para-hydroxylation sites is 1. The van der Waals surface area contributed by atoms with Crippen LogP contribution in [-0.4, -0.2) is 9.55 Å². The van der Waals surface area contributed by atoms with Gasteiger partial charge in [-0.15, -0.1) is 0 Å². The Bertz CT molecular complexity index is 502. The molecule has 4 heteroatoms. The van der Waals surface area contributed by atoms with E-state index in [1.807, 2.05) is 36.7 Å². The summed E-state index contributed by atoms with van der Waals surface area (Å²) in [4.78, 5) is 4.34. The molecule has 1 aromatic carbocycles. The molecule has 16 heavy (non-hydrogen) atoms. The smallest absolute Gasteiger partial charge is 0.207 e. The second-order valence-electron chi connectivity index (χ2n) is 3.99. The van der Waals surface area contributed by atoms with Gasteiger partial charge in [-0.2, -0.15) is 0 Å². The molecule has 1 N–H and O–H groups in total. The van der Waals surface area contributed by atoms with E-state index in [0.29, 0.717) is 6.04 Å². The van der Waals surface area contributed by atoms with E-state index in [9.17, 15) is 0 Å². The lowest BCUT2D eigenvalue weighted by molar-refractivity contribution is 0.751. The predicted octanol–water partition coefficient (Wildman–Crippen LogP) is 3.72. The number of nitrogens with zero attached hydrogens (tertiary/aromatic N) is 2. The van der Waals surface area contributed by atoms with E-state index < -0.39 is 0 Å². The Labute approximate surface area is 103 Å². The lowest BCUT2D eigenvalue weighted by Crippen LogP contribution is -2.01. The van der Waals surface area contributed by atoms with E-state index in [1.54, 1.807) is 0 Å². The molecular weight excluding hydrogens is 266 g/mol. The molecule has 0 aliphatic heterocycles. The molecule has 0 bridgehead atoms. The molecule has 1 saturated carbocycles.